The van der Waals surface area contributed by atoms with Gasteiger partial charge in [0.05, 0.1) is 10.5 Å². The average Bonchev–Trinajstić information content (AvgIpc) is 2.64. The number of carbonyl (C=O) groups is 1. The Morgan fingerprint density at radius 3 is 2.32 bits per heavy atom. The van der Waals surface area contributed by atoms with Gasteiger partial charge in [-0.1, -0.05) is 12.1 Å². The Morgan fingerprint density at radius 2 is 1.75 bits per heavy atom. The van der Waals surface area contributed by atoms with E-state index in [2.05, 4.69) is 16.6 Å². The molecule has 0 spiro atoms. The lowest BCUT2D eigenvalue weighted by Gasteiger charge is -2.14. The summed E-state index contributed by atoms with van der Waals surface area (Å²) in [6, 6.07) is 7.02. The zero-order valence-electron chi connectivity index (χ0n) is 14.4. The second-order valence-electron chi connectivity index (χ2n) is 5.65. The van der Waals surface area contributed by atoms with E-state index in [9.17, 15) is 30.8 Å². The number of alkyl halides is 3. The SMILES string of the molecule is C=CCNS(=O)(=O)c1ccc(C(=O)NCc2ccc(F)cc2C(F)(F)F)cc1. The molecule has 2 aromatic rings. The van der Waals surface area contributed by atoms with Crippen molar-refractivity contribution in [3.63, 3.8) is 0 Å². The molecular formula is C18H16F4N2O3S. The molecular weight excluding hydrogens is 400 g/mol. The van der Waals surface area contributed by atoms with Crippen molar-refractivity contribution in [3.8, 4) is 0 Å². The maximum absolute atomic E-state index is 13.1. The molecule has 2 aromatic carbocycles. The average molecular weight is 416 g/mol. The molecule has 0 radical (unpaired) electrons. The van der Waals surface area contributed by atoms with Gasteiger partial charge in [0.1, 0.15) is 5.82 Å². The van der Waals surface area contributed by atoms with Crippen LogP contribution in [0.5, 0.6) is 0 Å². The van der Waals surface area contributed by atoms with E-state index in [1.165, 1.54) is 30.3 Å². The first-order chi connectivity index (χ1) is 13.0. The molecule has 0 unspecified atom stereocenters. The van der Waals surface area contributed by atoms with Crippen LogP contribution in [0.15, 0.2) is 60.0 Å². The van der Waals surface area contributed by atoms with Crippen LogP contribution in [0.3, 0.4) is 0 Å². The largest absolute Gasteiger partial charge is 0.416 e. The predicted molar refractivity (Wildman–Crippen MR) is 94.4 cm³/mol. The van der Waals surface area contributed by atoms with Crippen molar-refractivity contribution in [1.82, 2.24) is 10.0 Å². The summed E-state index contributed by atoms with van der Waals surface area (Å²) >= 11 is 0. The Bertz CT molecular complexity index is 971. The van der Waals surface area contributed by atoms with E-state index < -0.39 is 40.0 Å². The summed E-state index contributed by atoms with van der Waals surface area (Å²) in [5, 5.41) is 2.30. The number of halogens is 4. The van der Waals surface area contributed by atoms with Crippen molar-refractivity contribution in [2.45, 2.75) is 17.6 Å². The molecule has 2 rings (SSSR count). The van der Waals surface area contributed by atoms with Crippen LogP contribution in [-0.4, -0.2) is 20.9 Å². The van der Waals surface area contributed by atoms with E-state index in [1.54, 1.807) is 0 Å². The van der Waals surface area contributed by atoms with Crippen molar-refractivity contribution < 1.29 is 30.8 Å². The number of carbonyl (C=O) groups excluding carboxylic acids is 1. The van der Waals surface area contributed by atoms with E-state index in [1.807, 2.05) is 0 Å². The van der Waals surface area contributed by atoms with Crippen LogP contribution in [0.25, 0.3) is 0 Å². The number of benzene rings is 2. The van der Waals surface area contributed by atoms with Gasteiger partial charge in [0.2, 0.25) is 10.0 Å². The Labute approximate surface area is 159 Å². The zero-order valence-corrected chi connectivity index (χ0v) is 15.2. The van der Waals surface area contributed by atoms with Gasteiger partial charge in [-0.2, -0.15) is 13.2 Å². The van der Waals surface area contributed by atoms with Gasteiger partial charge >= 0.3 is 6.18 Å². The van der Waals surface area contributed by atoms with Gasteiger partial charge in [-0.3, -0.25) is 4.79 Å². The smallest absolute Gasteiger partial charge is 0.348 e. The van der Waals surface area contributed by atoms with Crippen LogP contribution >= 0.6 is 0 Å². The second-order valence-corrected chi connectivity index (χ2v) is 7.41. The molecule has 0 heterocycles. The second kappa shape index (κ2) is 8.53. The Hall–Kier alpha value is -2.72. The highest BCUT2D eigenvalue weighted by atomic mass is 32.2. The van der Waals surface area contributed by atoms with E-state index >= 15 is 0 Å². The van der Waals surface area contributed by atoms with E-state index in [0.29, 0.717) is 6.07 Å². The topological polar surface area (TPSA) is 75.3 Å². The molecule has 10 heteroatoms. The standard InChI is InChI=1S/C18H16F4N2O3S/c1-2-9-24-28(26,27)15-7-4-12(5-8-15)17(25)23-11-13-3-6-14(19)10-16(13)18(20,21)22/h2-8,10,24H,1,9,11H2,(H,23,25). The lowest BCUT2D eigenvalue weighted by molar-refractivity contribution is -0.138. The van der Waals surface area contributed by atoms with Gasteiger partial charge < -0.3 is 5.32 Å². The first-order valence-electron chi connectivity index (χ1n) is 7.89. The fraction of sp³-hybridized carbons (Fsp3) is 0.167. The highest BCUT2D eigenvalue weighted by molar-refractivity contribution is 7.89. The number of amides is 1. The fourth-order valence-electron chi connectivity index (χ4n) is 2.28. The number of rotatable bonds is 7. The van der Waals surface area contributed by atoms with E-state index in [0.717, 1.165) is 12.1 Å². The molecule has 0 aliphatic rings. The third-order valence-corrected chi connectivity index (χ3v) is 5.10. The summed E-state index contributed by atoms with van der Waals surface area (Å²) < 4.78 is 78.2. The molecule has 0 aliphatic heterocycles. The first-order valence-corrected chi connectivity index (χ1v) is 9.37. The minimum atomic E-state index is -4.77. The molecule has 0 bridgehead atoms. The van der Waals surface area contributed by atoms with Crippen molar-refractivity contribution in [3.05, 3.63) is 77.6 Å². The van der Waals surface area contributed by atoms with Crippen molar-refractivity contribution in [1.29, 1.82) is 0 Å². The monoisotopic (exact) mass is 416 g/mol. The molecule has 150 valence electrons. The van der Waals surface area contributed by atoms with Crippen molar-refractivity contribution >= 4 is 15.9 Å². The van der Waals surface area contributed by atoms with E-state index in [4.69, 9.17) is 0 Å². The maximum Gasteiger partial charge on any atom is 0.416 e. The number of hydrogen-bond donors (Lipinski definition) is 2. The Kier molecular flexibility index (Phi) is 6.57. The summed E-state index contributed by atoms with van der Waals surface area (Å²) in [6.07, 6.45) is -3.40. The zero-order chi connectivity index (χ0) is 20.9. The molecule has 0 aromatic heterocycles. The molecule has 28 heavy (non-hydrogen) atoms. The van der Waals surface area contributed by atoms with Crippen LogP contribution in [0, 0.1) is 5.82 Å². The van der Waals surface area contributed by atoms with Crippen molar-refractivity contribution in [2.24, 2.45) is 0 Å². The lowest BCUT2D eigenvalue weighted by Crippen LogP contribution is -2.25. The first kappa shape index (κ1) is 21.6. The van der Waals surface area contributed by atoms with Gasteiger partial charge in [0.25, 0.3) is 5.91 Å². The van der Waals surface area contributed by atoms with Gasteiger partial charge in [0, 0.05) is 18.7 Å². The molecule has 2 N–H and O–H groups in total. The molecule has 0 fully saturated rings. The van der Waals surface area contributed by atoms with Crippen LogP contribution < -0.4 is 10.0 Å². The summed E-state index contributed by atoms with van der Waals surface area (Å²) in [5.41, 5.74) is -1.42. The van der Waals surface area contributed by atoms with Gasteiger partial charge in [-0.05, 0) is 42.0 Å². The highest BCUT2D eigenvalue weighted by Crippen LogP contribution is 2.32. The number of nitrogens with one attached hydrogen (secondary N) is 2. The third kappa shape index (κ3) is 5.40. The summed E-state index contributed by atoms with van der Waals surface area (Å²) in [5.74, 6) is -1.75. The Morgan fingerprint density at radius 1 is 1.11 bits per heavy atom. The molecule has 0 aliphatic carbocycles. The van der Waals surface area contributed by atoms with Crippen LogP contribution in [-0.2, 0) is 22.7 Å². The van der Waals surface area contributed by atoms with Gasteiger partial charge in [0.15, 0.2) is 0 Å². The molecule has 5 nitrogen and oxygen atoms in total. The molecule has 0 atom stereocenters. The maximum atomic E-state index is 13.1. The summed E-state index contributed by atoms with van der Waals surface area (Å²) in [6.45, 7) is 2.95. The van der Waals surface area contributed by atoms with Gasteiger partial charge in [-0.25, -0.2) is 17.5 Å². The summed E-state index contributed by atoms with van der Waals surface area (Å²) in [4.78, 5) is 12.1. The van der Waals surface area contributed by atoms with Crippen LogP contribution in [0.1, 0.15) is 21.5 Å². The minimum absolute atomic E-state index is 0.0315. The van der Waals surface area contributed by atoms with E-state index in [-0.39, 0.29) is 22.6 Å². The van der Waals surface area contributed by atoms with Crippen molar-refractivity contribution in [2.75, 3.05) is 6.54 Å². The number of sulfonamides is 1. The minimum Gasteiger partial charge on any atom is -0.348 e. The molecule has 1 amide bonds. The highest BCUT2D eigenvalue weighted by Gasteiger charge is 2.33. The normalized spacial score (nSPS) is 11.9. The lowest BCUT2D eigenvalue weighted by atomic mass is 10.1. The quantitative estimate of drug-likeness (QED) is 0.538. The van der Waals surface area contributed by atoms with Gasteiger partial charge in [-0.15, -0.1) is 6.58 Å². The molecule has 0 saturated carbocycles. The fourth-order valence-corrected chi connectivity index (χ4v) is 3.28. The van der Waals surface area contributed by atoms with Crippen LogP contribution in [0.2, 0.25) is 0 Å². The molecule has 0 saturated heterocycles. The summed E-state index contributed by atoms with van der Waals surface area (Å²) in [7, 11) is -3.76. The predicted octanol–water partition coefficient (Wildman–Crippen LogP) is 3.24. The third-order valence-electron chi connectivity index (χ3n) is 3.66. The Balaban J connectivity index is 2.12. The number of hydrogen-bond acceptors (Lipinski definition) is 3. The van der Waals surface area contributed by atoms with Crippen LogP contribution in [0.4, 0.5) is 17.6 Å².